The van der Waals surface area contributed by atoms with E-state index in [9.17, 15) is 13.2 Å². The minimum absolute atomic E-state index is 0. The Morgan fingerprint density at radius 3 is 2.62 bits per heavy atom. The zero-order valence-electron chi connectivity index (χ0n) is 14.6. The first-order valence-corrected chi connectivity index (χ1v) is 10.2. The molecule has 26 heavy (non-hydrogen) atoms. The summed E-state index contributed by atoms with van der Waals surface area (Å²) in [6.07, 6.45) is 2.69. The third-order valence-corrected chi connectivity index (χ3v) is 6.10. The Balaban J connectivity index is 0.00000243. The van der Waals surface area contributed by atoms with E-state index in [2.05, 4.69) is 15.4 Å². The molecule has 2 atom stereocenters. The average molecular weight is 404 g/mol. The Morgan fingerprint density at radius 1 is 1.23 bits per heavy atom. The predicted molar refractivity (Wildman–Crippen MR) is 101 cm³/mol. The predicted octanol–water partition coefficient (Wildman–Crippen LogP) is 0.791. The minimum Gasteiger partial charge on any atom is -0.377 e. The summed E-state index contributed by atoms with van der Waals surface area (Å²) in [6, 6.07) is 6.59. The second-order valence-corrected chi connectivity index (χ2v) is 8.31. The molecule has 2 heterocycles. The van der Waals surface area contributed by atoms with Crippen LogP contribution in [-0.2, 0) is 26.1 Å². The first-order chi connectivity index (χ1) is 12.0. The van der Waals surface area contributed by atoms with Gasteiger partial charge in [-0.05, 0) is 43.5 Å². The van der Waals surface area contributed by atoms with Crippen molar-refractivity contribution >= 4 is 28.3 Å². The number of carbonyl (C=O) groups is 1. The Hall–Kier alpha value is -1.19. The van der Waals surface area contributed by atoms with Gasteiger partial charge in [0.15, 0.2) is 0 Å². The van der Waals surface area contributed by atoms with Crippen molar-refractivity contribution < 1.29 is 17.9 Å². The van der Waals surface area contributed by atoms with E-state index in [-0.39, 0.29) is 35.2 Å². The maximum Gasteiger partial charge on any atom is 0.240 e. The topological polar surface area (TPSA) is 96.5 Å². The van der Waals surface area contributed by atoms with Crippen molar-refractivity contribution in [1.82, 2.24) is 15.4 Å². The molecule has 7 nitrogen and oxygen atoms in total. The van der Waals surface area contributed by atoms with Gasteiger partial charge in [-0.1, -0.05) is 12.1 Å². The SMILES string of the molecule is Cl.O=C(NCc1ccc(S(=O)(=O)NCC2CCCO2)cc1)C1CCNC1. The first-order valence-electron chi connectivity index (χ1n) is 8.73. The smallest absolute Gasteiger partial charge is 0.240 e. The fourth-order valence-corrected chi connectivity index (χ4v) is 4.16. The zero-order chi connectivity index (χ0) is 17.7. The lowest BCUT2D eigenvalue weighted by molar-refractivity contribution is -0.124. The standard InChI is InChI=1S/C17H25N3O4S.ClH/c21-17(14-7-8-18-11-14)19-10-13-3-5-16(6-4-13)25(22,23)20-12-15-2-1-9-24-15;/h3-6,14-15,18,20H,1-2,7-12H2,(H,19,21);1H. The molecule has 1 aromatic rings. The lowest BCUT2D eigenvalue weighted by Crippen LogP contribution is -2.32. The van der Waals surface area contributed by atoms with E-state index < -0.39 is 10.0 Å². The lowest BCUT2D eigenvalue weighted by Gasteiger charge is -2.12. The van der Waals surface area contributed by atoms with Crippen molar-refractivity contribution in [3.05, 3.63) is 29.8 Å². The monoisotopic (exact) mass is 403 g/mol. The van der Waals surface area contributed by atoms with Crippen LogP contribution < -0.4 is 15.4 Å². The third kappa shape index (κ3) is 5.65. The number of halogens is 1. The van der Waals surface area contributed by atoms with Crippen LogP contribution in [0.4, 0.5) is 0 Å². The molecule has 0 spiro atoms. The van der Waals surface area contributed by atoms with Crippen LogP contribution in [0.3, 0.4) is 0 Å². The molecule has 0 saturated carbocycles. The maximum absolute atomic E-state index is 12.3. The van der Waals surface area contributed by atoms with E-state index in [4.69, 9.17) is 4.74 Å². The van der Waals surface area contributed by atoms with Crippen molar-refractivity contribution in [2.45, 2.75) is 36.8 Å². The second kappa shape index (κ2) is 9.66. The molecule has 0 aliphatic carbocycles. The average Bonchev–Trinajstić information content (AvgIpc) is 3.31. The number of sulfonamides is 1. The van der Waals surface area contributed by atoms with Gasteiger partial charge in [-0.3, -0.25) is 4.79 Å². The molecule has 0 bridgehead atoms. The summed E-state index contributed by atoms with van der Waals surface area (Å²) in [5.41, 5.74) is 0.873. The van der Waals surface area contributed by atoms with Crippen molar-refractivity contribution in [3.63, 3.8) is 0 Å². The van der Waals surface area contributed by atoms with Crippen LogP contribution in [0.5, 0.6) is 0 Å². The van der Waals surface area contributed by atoms with E-state index in [0.717, 1.165) is 37.9 Å². The molecular weight excluding hydrogens is 378 g/mol. The number of rotatable bonds is 7. The molecule has 3 N–H and O–H groups in total. The van der Waals surface area contributed by atoms with Crippen molar-refractivity contribution in [3.8, 4) is 0 Å². The highest BCUT2D eigenvalue weighted by Gasteiger charge is 2.22. The molecule has 146 valence electrons. The number of amides is 1. The summed E-state index contributed by atoms with van der Waals surface area (Å²) in [4.78, 5) is 12.2. The van der Waals surface area contributed by atoms with E-state index >= 15 is 0 Å². The zero-order valence-corrected chi connectivity index (χ0v) is 16.2. The largest absolute Gasteiger partial charge is 0.377 e. The number of hydrogen-bond donors (Lipinski definition) is 3. The van der Waals surface area contributed by atoms with Crippen LogP contribution in [0.2, 0.25) is 0 Å². The summed E-state index contributed by atoms with van der Waals surface area (Å²) in [5.74, 6) is 0.0709. The van der Waals surface area contributed by atoms with Gasteiger partial charge in [0.05, 0.1) is 16.9 Å². The molecule has 9 heteroatoms. The van der Waals surface area contributed by atoms with E-state index in [1.807, 2.05) is 0 Å². The highest BCUT2D eigenvalue weighted by atomic mass is 35.5. The molecule has 3 rings (SSSR count). The number of hydrogen-bond acceptors (Lipinski definition) is 5. The van der Waals surface area contributed by atoms with E-state index in [1.165, 1.54) is 0 Å². The summed E-state index contributed by atoms with van der Waals surface area (Å²) in [6.45, 7) is 3.00. The Bertz CT molecular complexity index is 684. The highest BCUT2D eigenvalue weighted by molar-refractivity contribution is 7.89. The third-order valence-electron chi connectivity index (χ3n) is 4.66. The maximum atomic E-state index is 12.3. The molecule has 2 aliphatic rings. The van der Waals surface area contributed by atoms with Gasteiger partial charge in [0.1, 0.15) is 0 Å². The Labute approximate surface area is 160 Å². The number of benzene rings is 1. The molecule has 2 fully saturated rings. The molecule has 1 amide bonds. The normalized spacial score (nSPS) is 22.8. The molecule has 2 aliphatic heterocycles. The van der Waals surface area contributed by atoms with E-state index in [0.29, 0.717) is 19.7 Å². The fraction of sp³-hybridized carbons (Fsp3) is 0.588. The quantitative estimate of drug-likeness (QED) is 0.625. The highest BCUT2D eigenvalue weighted by Crippen LogP contribution is 2.14. The van der Waals surface area contributed by atoms with Gasteiger partial charge in [0.2, 0.25) is 15.9 Å². The van der Waals surface area contributed by atoms with Crippen LogP contribution >= 0.6 is 12.4 Å². The summed E-state index contributed by atoms with van der Waals surface area (Å²) < 4.78 is 32.6. The van der Waals surface area contributed by atoms with Gasteiger partial charge in [0.25, 0.3) is 0 Å². The van der Waals surface area contributed by atoms with Crippen LogP contribution in [0.15, 0.2) is 29.2 Å². The fourth-order valence-electron chi connectivity index (χ4n) is 3.09. The van der Waals surface area contributed by atoms with Crippen LogP contribution in [0.25, 0.3) is 0 Å². The van der Waals surface area contributed by atoms with Crippen molar-refractivity contribution in [2.24, 2.45) is 5.92 Å². The minimum atomic E-state index is -3.53. The van der Waals surface area contributed by atoms with Crippen LogP contribution in [-0.4, -0.2) is 46.7 Å². The van der Waals surface area contributed by atoms with Gasteiger partial charge in [-0.25, -0.2) is 13.1 Å². The number of carbonyl (C=O) groups excluding carboxylic acids is 1. The molecule has 1 aromatic carbocycles. The number of ether oxygens (including phenoxy) is 1. The number of nitrogens with one attached hydrogen (secondary N) is 3. The van der Waals surface area contributed by atoms with Gasteiger partial charge in [-0.2, -0.15) is 0 Å². The molecule has 0 radical (unpaired) electrons. The molecule has 0 aromatic heterocycles. The molecule has 2 unspecified atom stereocenters. The molecular formula is C17H26ClN3O4S. The van der Waals surface area contributed by atoms with Crippen molar-refractivity contribution in [1.29, 1.82) is 0 Å². The summed E-state index contributed by atoms with van der Waals surface area (Å²) >= 11 is 0. The van der Waals surface area contributed by atoms with Crippen LogP contribution in [0, 0.1) is 5.92 Å². The summed E-state index contributed by atoms with van der Waals surface area (Å²) in [5, 5.41) is 6.06. The first kappa shape index (κ1) is 21.1. The van der Waals surface area contributed by atoms with Gasteiger partial charge >= 0.3 is 0 Å². The Morgan fingerprint density at radius 2 is 2.00 bits per heavy atom. The van der Waals surface area contributed by atoms with Gasteiger partial charge < -0.3 is 15.4 Å². The van der Waals surface area contributed by atoms with Gasteiger partial charge in [0, 0.05) is 26.2 Å². The molecule has 2 saturated heterocycles. The van der Waals surface area contributed by atoms with Crippen LogP contribution in [0.1, 0.15) is 24.8 Å². The summed E-state index contributed by atoms with van der Waals surface area (Å²) in [7, 11) is -3.53. The van der Waals surface area contributed by atoms with Crippen molar-refractivity contribution in [2.75, 3.05) is 26.2 Å². The van der Waals surface area contributed by atoms with Gasteiger partial charge in [-0.15, -0.1) is 12.4 Å². The van der Waals surface area contributed by atoms with E-state index in [1.54, 1.807) is 24.3 Å². The second-order valence-electron chi connectivity index (χ2n) is 6.54. The lowest BCUT2D eigenvalue weighted by atomic mass is 10.1. The Kier molecular flexibility index (Phi) is 7.85.